The van der Waals surface area contributed by atoms with Crippen molar-refractivity contribution in [3.63, 3.8) is 0 Å². The first kappa shape index (κ1) is 18.8. The number of carbonyl (C=O) groups is 1. The third kappa shape index (κ3) is 4.40. The summed E-state index contributed by atoms with van der Waals surface area (Å²) in [6.07, 6.45) is 0. The lowest BCUT2D eigenvalue weighted by atomic mass is 10.2. The van der Waals surface area contributed by atoms with Crippen molar-refractivity contribution in [2.24, 2.45) is 0 Å². The predicted molar refractivity (Wildman–Crippen MR) is 104 cm³/mol. The van der Waals surface area contributed by atoms with E-state index in [-0.39, 0.29) is 11.7 Å². The van der Waals surface area contributed by atoms with Gasteiger partial charge in [0.1, 0.15) is 11.4 Å². The monoisotopic (exact) mass is 390 g/mol. The van der Waals surface area contributed by atoms with Gasteiger partial charge in [-0.3, -0.25) is 10.1 Å². The number of carbonyl (C=O) groups excluding carboxylic acids is 1. The molecule has 0 spiro atoms. The van der Waals surface area contributed by atoms with Gasteiger partial charge < -0.3 is 19.9 Å². The van der Waals surface area contributed by atoms with Crippen molar-refractivity contribution in [1.29, 1.82) is 0 Å². The van der Waals surface area contributed by atoms with Crippen LogP contribution in [0.5, 0.6) is 5.75 Å². The Labute approximate surface area is 161 Å². The highest BCUT2D eigenvalue weighted by Crippen LogP contribution is 2.31. The Balaban J connectivity index is 1.61. The van der Waals surface area contributed by atoms with E-state index in [2.05, 4.69) is 5.32 Å². The van der Waals surface area contributed by atoms with Gasteiger partial charge >= 0.3 is 6.03 Å². The Kier molecular flexibility index (Phi) is 5.66. The third-order valence-electron chi connectivity index (χ3n) is 4.38. The van der Waals surface area contributed by atoms with Gasteiger partial charge in [-0.15, -0.1) is 0 Å². The minimum atomic E-state index is -0.441. The number of ether oxygens (including phenoxy) is 1. The fourth-order valence-corrected chi connectivity index (χ4v) is 3.10. The Morgan fingerprint density at radius 3 is 2.41 bits per heavy atom. The number of nitro benzene ring substituents is 1. The van der Waals surface area contributed by atoms with Crippen LogP contribution in [0.15, 0.2) is 42.5 Å². The van der Waals surface area contributed by atoms with Crippen LogP contribution in [0.25, 0.3) is 0 Å². The molecule has 1 fully saturated rings. The van der Waals surface area contributed by atoms with Crippen LogP contribution in [0.4, 0.5) is 21.9 Å². The molecule has 1 heterocycles. The molecule has 0 aromatic heterocycles. The second-order valence-corrected chi connectivity index (χ2v) is 6.46. The minimum Gasteiger partial charge on any atom is -0.497 e. The lowest BCUT2D eigenvalue weighted by Crippen LogP contribution is -2.50. The Hall–Kier alpha value is -3.00. The van der Waals surface area contributed by atoms with Crippen molar-refractivity contribution in [3.05, 3.63) is 57.6 Å². The van der Waals surface area contributed by atoms with Crippen molar-refractivity contribution in [2.45, 2.75) is 0 Å². The lowest BCUT2D eigenvalue weighted by Gasteiger charge is -2.35. The van der Waals surface area contributed by atoms with Gasteiger partial charge in [-0.05, 0) is 36.4 Å². The molecule has 2 amide bonds. The topological polar surface area (TPSA) is 88.0 Å². The van der Waals surface area contributed by atoms with Crippen molar-refractivity contribution in [2.75, 3.05) is 43.5 Å². The zero-order valence-electron chi connectivity index (χ0n) is 14.7. The zero-order valence-corrected chi connectivity index (χ0v) is 15.5. The summed E-state index contributed by atoms with van der Waals surface area (Å²) < 4.78 is 5.09. The fraction of sp³-hybridized carbons (Fsp3) is 0.278. The molecule has 3 rings (SSSR count). The Morgan fingerprint density at radius 1 is 1.15 bits per heavy atom. The summed E-state index contributed by atoms with van der Waals surface area (Å²) in [5.41, 5.74) is 1.16. The second-order valence-electron chi connectivity index (χ2n) is 6.02. The summed E-state index contributed by atoms with van der Waals surface area (Å²) in [6, 6.07) is 11.5. The number of urea groups is 1. The third-order valence-corrected chi connectivity index (χ3v) is 4.62. The molecule has 9 heteroatoms. The van der Waals surface area contributed by atoms with E-state index in [1.165, 1.54) is 6.07 Å². The first-order chi connectivity index (χ1) is 13.0. The molecule has 2 aromatic rings. The molecule has 0 unspecified atom stereocenters. The highest BCUT2D eigenvalue weighted by atomic mass is 35.5. The average Bonchev–Trinajstić information content (AvgIpc) is 2.68. The highest BCUT2D eigenvalue weighted by molar-refractivity contribution is 6.30. The number of rotatable bonds is 4. The number of nitrogens with one attached hydrogen (secondary N) is 1. The van der Waals surface area contributed by atoms with Crippen LogP contribution in [0.3, 0.4) is 0 Å². The molecule has 0 bridgehead atoms. The minimum absolute atomic E-state index is 0.0290. The Morgan fingerprint density at radius 2 is 1.81 bits per heavy atom. The summed E-state index contributed by atoms with van der Waals surface area (Å²) in [6.45, 7) is 1.92. The van der Waals surface area contributed by atoms with Crippen LogP contribution in [-0.2, 0) is 0 Å². The van der Waals surface area contributed by atoms with Crippen LogP contribution in [0, 0.1) is 10.1 Å². The van der Waals surface area contributed by atoms with Gasteiger partial charge in [0, 0.05) is 43.0 Å². The molecule has 0 aliphatic carbocycles. The maximum Gasteiger partial charge on any atom is 0.321 e. The van der Waals surface area contributed by atoms with Crippen LogP contribution < -0.4 is 15.0 Å². The molecule has 142 valence electrons. The fourth-order valence-electron chi connectivity index (χ4n) is 2.94. The largest absolute Gasteiger partial charge is 0.497 e. The maximum atomic E-state index is 12.4. The van der Waals surface area contributed by atoms with E-state index >= 15 is 0 Å². The van der Waals surface area contributed by atoms with Gasteiger partial charge in [-0.25, -0.2) is 4.79 Å². The summed E-state index contributed by atoms with van der Waals surface area (Å²) in [5, 5.41) is 14.4. The number of nitro groups is 1. The number of benzene rings is 2. The van der Waals surface area contributed by atoms with Crippen LogP contribution in [-0.4, -0.2) is 49.1 Å². The van der Waals surface area contributed by atoms with Gasteiger partial charge in [0.2, 0.25) is 0 Å². The molecule has 0 saturated carbocycles. The van der Waals surface area contributed by atoms with Gasteiger partial charge in [0.25, 0.3) is 5.69 Å². The molecule has 1 aliphatic heterocycles. The number of amides is 2. The van der Waals surface area contributed by atoms with E-state index < -0.39 is 4.92 Å². The number of anilines is 2. The SMILES string of the molecule is COc1ccc(NC(=O)N2CCN(c3ccc(Cl)cc3[N+](=O)[O-])CC2)cc1. The van der Waals surface area contributed by atoms with E-state index in [1.807, 2.05) is 4.90 Å². The van der Waals surface area contributed by atoms with Crippen LogP contribution in [0.2, 0.25) is 5.02 Å². The van der Waals surface area contributed by atoms with E-state index in [0.717, 1.165) is 0 Å². The number of nitrogens with zero attached hydrogens (tertiary/aromatic N) is 3. The molecular weight excluding hydrogens is 372 g/mol. The molecule has 0 atom stereocenters. The quantitative estimate of drug-likeness (QED) is 0.636. The molecule has 2 aromatic carbocycles. The van der Waals surface area contributed by atoms with Crippen molar-refractivity contribution >= 4 is 34.7 Å². The van der Waals surface area contributed by atoms with Gasteiger partial charge in [0.15, 0.2) is 0 Å². The second kappa shape index (κ2) is 8.13. The zero-order chi connectivity index (χ0) is 19.4. The number of methoxy groups -OCH3 is 1. The molecular formula is C18H19ClN4O4. The number of halogens is 1. The predicted octanol–water partition coefficient (Wildman–Crippen LogP) is 3.61. The normalized spacial score (nSPS) is 14.0. The highest BCUT2D eigenvalue weighted by Gasteiger charge is 2.26. The maximum absolute atomic E-state index is 12.4. The molecule has 1 aliphatic rings. The smallest absolute Gasteiger partial charge is 0.321 e. The first-order valence-electron chi connectivity index (χ1n) is 8.37. The van der Waals surface area contributed by atoms with Gasteiger partial charge in [-0.2, -0.15) is 0 Å². The standard InChI is InChI=1S/C18H19ClN4O4/c1-27-15-5-3-14(4-6-15)20-18(24)22-10-8-21(9-11-22)16-7-2-13(19)12-17(16)23(25)26/h2-7,12H,8-11H2,1H3,(H,20,24). The van der Waals surface area contributed by atoms with Crippen molar-refractivity contribution in [3.8, 4) is 5.75 Å². The van der Waals surface area contributed by atoms with Crippen LogP contribution >= 0.6 is 11.6 Å². The van der Waals surface area contributed by atoms with Crippen molar-refractivity contribution in [1.82, 2.24) is 4.90 Å². The van der Waals surface area contributed by atoms with Gasteiger partial charge in [-0.1, -0.05) is 11.6 Å². The van der Waals surface area contributed by atoms with E-state index in [9.17, 15) is 14.9 Å². The number of hydrogen-bond donors (Lipinski definition) is 1. The summed E-state index contributed by atoms with van der Waals surface area (Å²) >= 11 is 5.87. The van der Waals surface area contributed by atoms with Gasteiger partial charge in [0.05, 0.1) is 12.0 Å². The van der Waals surface area contributed by atoms with Crippen LogP contribution in [0.1, 0.15) is 0 Å². The molecule has 8 nitrogen and oxygen atoms in total. The number of piperazine rings is 1. The molecule has 1 saturated heterocycles. The molecule has 1 N–H and O–H groups in total. The Bertz CT molecular complexity index is 836. The lowest BCUT2D eigenvalue weighted by molar-refractivity contribution is -0.384. The summed E-state index contributed by atoms with van der Waals surface area (Å²) in [7, 11) is 1.58. The molecule has 27 heavy (non-hydrogen) atoms. The number of hydrogen-bond acceptors (Lipinski definition) is 5. The summed E-state index contributed by atoms with van der Waals surface area (Å²) in [5.74, 6) is 0.714. The molecule has 0 radical (unpaired) electrons. The summed E-state index contributed by atoms with van der Waals surface area (Å²) in [4.78, 5) is 26.8. The average molecular weight is 391 g/mol. The van der Waals surface area contributed by atoms with E-state index in [4.69, 9.17) is 16.3 Å². The van der Waals surface area contributed by atoms with E-state index in [0.29, 0.717) is 48.3 Å². The first-order valence-corrected chi connectivity index (χ1v) is 8.74. The van der Waals surface area contributed by atoms with E-state index in [1.54, 1.807) is 48.4 Å². The van der Waals surface area contributed by atoms with Crippen molar-refractivity contribution < 1.29 is 14.5 Å².